The van der Waals surface area contributed by atoms with Gasteiger partial charge in [-0.25, -0.2) is 9.98 Å². The average molecular weight is 276 g/mol. The van der Waals surface area contributed by atoms with E-state index in [9.17, 15) is 13.9 Å². The van der Waals surface area contributed by atoms with Crippen molar-refractivity contribution in [1.29, 1.82) is 0 Å². The number of aromatic nitrogens is 1. The molecule has 90 valence electrons. The fourth-order valence-electron chi connectivity index (χ4n) is 0.741. The third-order valence-electron chi connectivity index (χ3n) is 1.22. The number of thiazole rings is 1. The summed E-state index contributed by atoms with van der Waals surface area (Å²) in [6, 6.07) is 0. The molecule has 1 rings (SSSR count). The molecule has 1 aromatic heterocycles. The molecule has 0 aliphatic carbocycles. The van der Waals surface area contributed by atoms with Crippen LogP contribution in [0.25, 0.3) is 0 Å². The summed E-state index contributed by atoms with van der Waals surface area (Å²) in [7, 11) is 0. The van der Waals surface area contributed by atoms with Gasteiger partial charge in [-0.2, -0.15) is 0 Å². The topological polar surface area (TPSA) is 97.7 Å². The number of rotatable bonds is 2. The maximum atomic E-state index is 11.2. The van der Waals surface area contributed by atoms with Crippen molar-refractivity contribution in [3.05, 3.63) is 5.38 Å². The van der Waals surface area contributed by atoms with Gasteiger partial charge in [0.25, 0.3) is 0 Å². The van der Waals surface area contributed by atoms with Crippen LogP contribution in [0.4, 0.5) is 5.13 Å². The Balaban J connectivity index is 0. The summed E-state index contributed by atoms with van der Waals surface area (Å²) >= 11 is -1.44. The molecule has 0 aromatic carbocycles. The zero-order chi connectivity index (χ0) is 12.3. The van der Waals surface area contributed by atoms with E-state index in [0.717, 1.165) is 11.3 Å². The van der Waals surface area contributed by atoms with E-state index in [4.69, 9.17) is 4.74 Å². The molecule has 0 saturated carbocycles. The second-order valence-corrected chi connectivity index (χ2v) is 5.52. The van der Waals surface area contributed by atoms with Crippen LogP contribution >= 0.6 is 11.3 Å². The van der Waals surface area contributed by atoms with Gasteiger partial charge in [0.2, 0.25) is 5.13 Å². The Morgan fingerprint density at radius 3 is 2.44 bits per heavy atom. The van der Waals surface area contributed by atoms with E-state index in [1.165, 1.54) is 5.38 Å². The van der Waals surface area contributed by atoms with E-state index in [2.05, 4.69) is 9.98 Å². The van der Waals surface area contributed by atoms with Crippen LogP contribution < -0.4 is 42.8 Å². The molecule has 10 heteroatoms. The molecule has 0 fully saturated rings. The fourth-order valence-corrected chi connectivity index (χ4v) is 1.96. The van der Waals surface area contributed by atoms with Gasteiger partial charge in [0.05, 0.1) is 0 Å². The van der Waals surface area contributed by atoms with E-state index < -0.39 is 22.8 Å². The van der Waals surface area contributed by atoms with Crippen LogP contribution in [0.1, 0.15) is 20.8 Å². The molecule has 0 N–H and O–H groups in total. The first kappa shape index (κ1) is 20.5. The van der Waals surface area contributed by atoms with Crippen molar-refractivity contribution in [1.82, 2.24) is 4.98 Å². The van der Waals surface area contributed by atoms with Crippen molar-refractivity contribution in [2.24, 2.45) is 4.99 Å². The van der Waals surface area contributed by atoms with Crippen LogP contribution in [0.15, 0.2) is 15.4 Å². The van der Waals surface area contributed by atoms with Crippen LogP contribution in [0, 0.1) is 0 Å². The Bertz CT molecular complexity index is 431. The van der Waals surface area contributed by atoms with Gasteiger partial charge in [-0.3, -0.25) is 4.21 Å². The summed E-state index contributed by atoms with van der Waals surface area (Å²) in [5.74, 6) is 0. The minimum Gasteiger partial charge on any atom is -0.767 e. The summed E-state index contributed by atoms with van der Waals surface area (Å²) in [6.45, 7) is 5.13. The van der Waals surface area contributed by atoms with Crippen molar-refractivity contribution in [2.75, 3.05) is 0 Å². The number of hydrogen-bond acceptors (Lipinski definition) is 7. The maximum Gasteiger partial charge on any atom is 1.00 e. The molecule has 0 aliphatic heterocycles. The molecule has 1 aromatic rings. The summed E-state index contributed by atoms with van der Waals surface area (Å²) < 4.78 is 25.9. The normalized spacial score (nSPS) is 13.2. The smallest absolute Gasteiger partial charge is 0.767 e. The SMILES string of the molecule is CC(C)(C)OC([O-])=Nc1nc(S(=O)[O-])cs1.[Li+].[Li+]. The van der Waals surface area contributed by atoms with Crippen molar-refractivity contribution in [3.8, 4) is 0 Å². The molecule has 0 saturated heterocycles. The quantitative estimate of drug-likeness (QED) is 0.232. The van der Waals surface area contributed by atoms with Crippen molar-refractivity contribution >= 4 is 33.6 Å². The van der Waals surface area contributed by atoms with E-state index in [1.54, 1.807) is 20.8 Å². The second-order valence-electron chi connectivity index (χ2n) is 3.80. The largest absolute Gasteiger partial charge is 1.00 e. The molecule has 1 atom stereocenters. The number of nitrogens with zero attached hydrogens (tertiary/aromatic N) is 2. The van der Waals surface area contributed by atoms with Gasteiger partial charge in [-0.1, -0.05) is 20.8 Å². The van der Waals surface area contributed by atoms with E-state index >= 15 is 0 Å². The van der Waals surface area contributed by atoms with Gasteiger partial charge < -0.3 is 14.4 Å². The molecular weight excluding hydrogens is 266 g/mol. The molecule has 0 radical (unpaired) electrons. The zero-order valence-electron chi connectivity index (χ0n) is 10.9. The number of aliphatic imine (C=N–C) groups is 1. The Kier molecular flexibility index (Phi) is 9.57. The molecule has 0 aliphatic rings. The van der Waals surface area contributed by atoms with Gasteiger partial charge in [-0.15, -0.1) is 11.3 Å². The summed E-state index contributed by atoms with van der Waals surface area (Å²) in [5.41, 5.74) is -0.637. The third kappa shape index (κ3) is 7.60. The zero-order valence-corrected chi connectivity index (χ0v) is 12.6. The monoisotopic (exact) mass is 276 g/mol. The Hall–Kier alpha value is 0.205. The summed E-state index contributed by atoms with van der Waals surface area (Å²) in [6.07, 6.45) is -0.787. The first-order valence-electron chi connectivity index (χ1n) is 4.27. The summed E-state index contributed by atoms with van der Waals surface area (Å²) in [4.78, 5) is 7.14. The standard InChI is InChI=1S/C8H12N2O4S2.2Li/c1-8(2,3)14-7(11)10-6-9-5(4-15-6)16(12)13;;/h4H,1-3H3,(H,12,13)(H,9,10,11);;/q;2*+1/p-2. The number of hydrogen-bond donors (Lipinski definition) is 0. The molecule has 0 spiro atoms. The van der Waals surface area contributed by atoms with Gasteiger partial charge >= 0.3 is 37.7 Å². The van der Waals surface area contributed by atoms with Crippen LogP contribution in [-0.4, -0.2) is 25.4 Å². The Morgan fingerprint density at radius 2 is 2.06 bits per heavy atom. The fraction of sp³-hybridized carbons (Fsp3) is 0.500. The molecular formula is C8H10Li2N2O4S2. The predicted molar refractivity (Wildman–Crippen MR) is 57.2 cm³/mol. The molecule has 1 unspecified atom stereocenters. The molecule has 1 heterocycles. The second kappa shape index (κ2) is 8.39. The maximum absolute atomic E-state index is 11.2. The average Bonchev–Trinajstić information content (AvgIpc) is 2.48. The van der Waals surface area contributed by atoms with E-state index in [-0.39, 0.29) is 47.9 Å². The van der Waals surface area contributed by atoms with Gasteiger partial charge in [0.15, 0.2) is 6.08 Å². The minimum atomic E-state index is -2.40. The van der Waals surface area contributed by atoms with Crippen molar-refractivity contribution in [2.45, 2.75) is 31.4 Å². The first-order chi connectivity index (χ1) is 7.28. The van der Waals surface area contributed by atoms with E-state index in [0.29, 0.717) is 0 Å². The predicted octanol–water partition coefficient (Wildman–Crippen LogP) is -5.45. The van der Waals surface area contributed by atoms with Crippen LogP contribution in [0.2, 0.25) is 0 Å². The number of ether oxygens (including phenoxy) is 1. The molecule has 18 heavy (non-hydrogen) atoms. The Morgan fingerprint density at radius 1 is 1.50 bits per heavy atom. The van der Waals surface area contributed by atoms with Gasteiger partial charge in [0, 0.05) is 11.0 Å². The molecule has 0 amide bonds. The first-order valence-corrected chi connectivity index (χ1v) is 6.23. The Labute approximate surface area is 136 Å². The van der Waals surface area contributed by atoms with E-state index in [1.807, 2.05) is 0 Å². The van der Waals surface area contributed by atoms with Crippen LogP contribution in [-0.2, 0) is 15.8 Å². The van der Waals surface area contributed by atoms with Crippen molar-refractivity contribution in [3.63, 3.8) is 0 Å². The van der Waals surface area contributed by atoms with Crippen LogP contribution in [0.3, 0.4) is 0 Å². The third-order valence-corrected chi connectivity index (χ3v) is 2.66. The molecule has 6 nitrogen and oxygen atoms in total. The van der Waals surface area contributed by atoms with Crippen LogP contribution in [0.5, 0.6) is 0 Å². The molecule has 0 bridgehead atoms. The van der Waals surface area contributed by atoms with Gasteiger partial charge in [0.1, 0.15) is 5.03 Å². The minimum absolute atomic E-state index is 0. The summed E-state index contributed by atoms with van der Waals surface area (Å²) in [5, 5.41) is 12.5. The van der Waals surface area contributed by atoms with Gasteiger partial charge in [-0.05, 0) is 11.1 Å². The van der Waals surface area contributed by atoms with Crippen molar-refractivity contribution < 1.29 is 56.3 Å².